The lowest BCUT2D eigenvalue weighted by atomic mass is 9.93. The largest absolute Gasteiger partial charge is 0.461 e. The summed E-state index contributed by atoms with van der Waals surface area (Å²) in [6.07, 6.45) is 6.23. The average molecular weight is 389 g/mol. The highest BCUT2D eigenvalue weighted by molar-refractivity contribution is 5.73. The fourth-order valence-electron chi connectivity index (χ4n) is 2.35. The number of esters is 2. The molecule has 0 saturated heterocycles. The van der Waals surface area contributed by atoms with Gasteiger partial charge in [0, 0.05) is 6.42 Å². The van der Waals surface area contributed by atoms with Gasteiger partial charge in [-0.15, -0.1) is 13.2 Å². The Balaban J connectivity index is 0.00000227. The van der Waals surface area contributed by atoms with E-state index >= 15 is 0 Å². The summed E-state index contributed by atoms with van der Waals surface area (Å²) in [6, 6.07) is 7.50. The number of hydrogen-bond donors (Lipinski definition) is 0. The zero-order valence-corrected chi connectivity index (χ0v) is 17.9. The molecule has 4 heteroatoms. The van der Waals surface area contributed by atoms with Gasteiger partial charge in [0.05, 0.1) is 5.92 Å². The first kappa shape index (κ1) is 25.6. The van der Waals surface area contributed by atoms with E-state index < -0.39 is 0 Å². The highest BCUT2D eigenvalue weighted by Gasteiger charge is 2.22. The molecular formula is C24H36O4. The summed E-state index contributed by atoms with van der Waals surface area (Å²) >= 11 is 0. The minimum Gasteiger partial charge on any atom is -0.461 e. The van der Waals surface area contributed by atoms with Crippen LogP contribution in [0.15, 0.2) is 49.6 Å². The number of hydrogen-bond acceptors (Lipinski definition) is 4. The Kier molecular flexibility index (Phi) is 14.4. The van der Waals surface area contributed by atoms with Crippen LogP contribution < -0.4 is 0 Å². The van der Waals surface area contributed by atoms with Gasteiger partial charge in [0.15, 0.2) is 0 Å². The molecule has 1 unspecified atom stereocenters. The predicted molar refractivity (Wildman–Crippen MR) is 115 cm³/mol. The molecule has 0 aliphatic rings. The SMILES string of the molecule is C=CCCC(=O)OCc1cccc(COC(=O)C(CC=C)C(C)C)c1.CCC. The Morgan fingerprint density at radius 3 is 2.11 bits per heavy atom. The van der Waals surface area contributed by atoms with Crippen molar-refractivity contribution in [1.29, 1.82) is 0 Å². The second kappa shape index (κ2) is 15.7. The molecule has 0 aromatic heterocycles. The molecule has 1 aromatic carbocycles. The van der Waals surface area contributed by atoms with Crippen molar-refractivity contribution in [2.45, 2.75) is 66.6 Å². The maximum Gasteiger partial charge on any atom is 0.309 e. The molecular weight excluding hydrogens is 352 g/mol. The molecule has 0 fully saturated rings. The Morgan fingerprint density at radius 1 is 1.04 bits per heavy atom. The van der Waals surface area contributed by atoms with Crippen LogP contribution in [-0.2, 0) is 32.3 Å². The van der Waals surface area contributed by atoms with E-state index in [2.05, 4.69) is 27.0 Å². The van der Waals surface area contributed by atoms with Crippen molar-refractivity contribution in [3.63, 3.8) is 0 Å². The third kappa shape index (κ3) is 11.4. The molecule has 0 aliphatic carbocycles. The number of allylic oxidation sites excluding steroid dienone is 2. The molecule has 0 amide bonds. The molecule has 0 spiro atoms. The van der Waals surface area contributed by atoms with Crippen LogP contribution in [0.2, 0.25) is 0 Å². The fourth-order valence-corrected chi connectivity index (χ4v) is 2.35. The molecule has 0 bridgehead atoms. The van der Waals surface area contributed by atoms with Gasteiger partial charge in [0.2, 0.25) is 0 Å². The number of ether oxygens (including phenoxy) is 2. The van der Waals surface area contributed by atoms with Crippen LogP contribution in [0.25, 0.3) is 0 Å². The normalized spacial score (nSPS) is 11.0. The van der Waals surface area contributed by atoms with E-state index in [-0.39, 0.29) is 37.0 Å². The van der Waals surface area contributed by atoms with Crippen molar-refractivity contribution < 1.29 is 19.1 Å². The lowest BCUT2D eigenvalue weighted by Crippen LogP contribution is -2.22. The molecule has 1 atom stereocenters. The summed E-state index contributed by atoms with van der Waals surface area (Å²) < 4.78 is 10.6. The van der Waals surface area contributed by atoms with Crippen molar-refractivity contribution >= 4 is 11.9 Å². The van der Waals surface area contributed by atoms with Gasteiger partial charge < -0.3 is 9.47 Å². The lowest BCUT2D eigenvalue weighted by Gasteiger charge is -2.18. The molecule has 0 saturated carbocycles. The third-order valence-corrected chi connectivity index (χ3v) is 3.85. The van der Waals surface area contributed by atoms with Crippen molar-refractivity contribution in [3.8, 4) is 0 Å². The summed E-state index contributed by atoms with van der Waals surface area (Å²) in [6.45, 7) is 15.9. The minimum atomic E-state index is -0.249. The second-order valence-corrected chi connectivity index (χ2v) is 7.00. The maximum absolute atomic E-state index is 12.2. The van der Waals surface area contributed by atoms with E-state index in [0.717, 1.165) is 11.1 Å². The van der Waals surface area contributed by atoms with Gasteiger partial charge in [-0.05, 0) is 36.0 Å². The topological polar surface area (TPSA) is 52.6 Å². The number of carbonyl (C=O) groups is 2. The van der Waals surface area contributed by atoms with Gasteiger partial charge in [-0.1, -0.05) is 64.5 Å². The zero-order valence-electron chi connectivity index (χ0n) is 17.9. The molecule has 0 heterocycles. The van der Waals surface area contributed by atoms with Crippen LogP contribution in [-0.4, -0.2) is 11.9 Å². The molecule has 1 rings (SSSR count). The smallest absolute Gasteiger partial charge is 0.309 e. The maximum atomic E-state index is 12.2. The first-order valence-electron chi connectivity index (χ1n) is 10.0. The van der Waals surface area contributed by atoms with Crippen molar-refractivity contribution in [2.75, 3.05) is 0 Å². The van der Waals surface area contributed by atoms with E-state index in [1.54, 1.807) is 12.2 Å². The summed E-state index contributed by atoms with van der Waals surface area (Å²) in [4.78, 5) is 23.7. The molecule has 0 N–H and O–H groups in total. The Morgan fingerprint density at radius 2 is 1.61 bits per heavy atom. The van der Waals surface area contributed by atoms with Crippen LogP contribution in [0.4, 0.5) is 0 Å². The average Bonchev–Trinajstić information content (AvgIpc) is 2.67. The van der Waals surface area contributed by atoms with E-state index in [4.69, 9.17) is 9.47 Å². The van der Waals surface area contributed by atoms with Crippen LogP contribution in [0, 0.1) is 11.8 Å². The molecule has 0 aliphatic heterocycles. The zero-order chi connectivity index (χ0) is 21.4. The van der Waals surface area contributed by atoms with E-state index in [1.165, 1.54) is 6.42 Å². The highest BCUT2D eigenvalue weighted by Crippen LogP contribution is 2.18. The molecule has 28 heavy (non-hydrogen) atoms. The van der Waals surface area contributed by atoms with Crippen molar-refractivity contribution in [1.82, 2.24) is 0 Å². The third-order valence-electron chi connectivity index (χ3n) is 3.85. The lowest BCUT2D eigenvalue weighted by molar-refractivity contribution is -0.151. The van der Waals surface area contributed by atoms with Crippen LogP contribution in [0.1, 0.15) is 64.5 Å². The highest BCUT2D eigenvalue weighted by atomic mass is 16.5. The van der Waals surface area contributed by atoms with E-state index in [0.29, 0.717) is 19.3 Å². The summed E-state index contributed by atoms with van der Waals surface area (Å²) in [7, 11) is 0. The monoisotopic (exact) mass is 388 g/mol. The molecule has 156 valence electrons. The number of benzene rings is 1. The van der Waals surface area contributed by atoms with Gasteiger partial charge in [-0.2, -0.15) is 0 Å². The number of rotatable bonds is 11. The molecule has 4 nitrogen and oxygen atoms in total. The Labute approximate surface area is 170 Å². The Hall–Kier alpha value is -2.36. The van der Waals surface area contributed by atoms with Gasteiger partial charge in [-0.25, -0.2) is 0 Å². The Bertz CT molecular complexity index is 604. The van der Waals surface area contributed by atoms with Gasteiger partial charge in [0.25, 0.3) is 0 Å². The quantitative estimate of drug-likeness (QED) is 0.344. The first-order chi connectivity index (χ1) is 13.4. The molecule has 0 radical (unpaired) electrons. The van der Waals surface area contributed by atoms with Gasteiger partial charge in [-0.3, -0.25) is 9.59 Å². The van der Waals surface area contributed by atoms with Crippen LogP contribution >= 0.6 is 0 Å². The minimum absolute atomic E-state index is 0.175. The second-order valence-electron chi connectivity index (χ2n) is 7.00. The fraction of sp³-hybridized carbons (Fsp3) is 0.500. The standard InChI is InChI=1S/C21H28O4.C3H8/c1-5-7-12-20(22)24-14-17-10-8-11-18(13-17)15-25-21(23)19(9-6-2)16(3)4;1-3-2/h5-6,8,10-11,13,16,19H,1-2,7,9,12,14-15H2,3-4H3;3H2,1-2H3. The van der Waals surface area contributed by atoms with Crippen molar-refractivity contribution in [3.05, 3.63) is 60.7 Å². The summed E-state index contributed by atoms with van der Waals surface area (Å²) in [5.41, 5.74) is 1.74. The van der Waals surface area contributed by atoms with Crippen LogP contribution in [0.3, 0.4) is 0 Å². The van der Waals surface area contributed by atoms with Gasteiger partial charge >= 0.3 is 11.9 Å². The molecule has 1 aromatic rings. The van der Waals surface area contributed by atoms with Gasteiger partial charge in [0.1, 0.15) is 13.2 Å². The van der Waals surface area contributed by atoms with E-state index in [1.807, 2.05) is 38.1 Å². The summed E-state index contributed by atoms with van der Waals surface area (Å²) in [5, 5.41) is 0. The predicted octanol–water partition coefficient (Wildman–Crippen LogP) is 6.00. The van der Waals surface area contributed by atoms with Crippen molar-refractivity contribution in [2.24, 2.45) is 11.8 Å². The first-order valence-corrected chi connectivity index (χ1v) is 10.0. The number of carbonyl (C=O) groups excluding carboxylic acids is 2. The van der Waals surface area contributed by atoms with Crippen LogP contribution in [0.5, 0.6) is 0 Å². The summed E-state index contributed by atoms with van der Waals surface area (Å²) in [5.74, 6) is -0.435. The van der Waals surface area contributed by atoms with E-state index in [9.17, 15) is 9.59 Å².